The number of rotatable bonds is 1. The Bertz CT molecular complexity index is 412. The van der Waals surface area contributed by atoms with Crippen molar-refractivity contribution in [2.75, 3.05) is 11.4 Å². The smallest absolute Gasteiger partial charge is 0.228 e. The molecule has 0 aliphatic carbocycles. The molecule has 1 aliphatic rings. The van der Waals surface area contributed by atoms with Crippen molar-refractivity contribution in [3.63, 3.8) is 0 Å². The van der Waals surface area contributed by atoms with E-state index < -0.39 is 0 Å². The first-order chi connectivity index (χ1) is 7.08. The Hall–Kier alpha value is -0.300. The summed E-state index contributed by atoms with van der Waals surface area (Å²) >= 11 is 6.27. The van der Waals surface area contributed by atoms with E-state index in [-0.39, 0.29) is 17.0 Å². The van der Waals surface area contributed by atoms with Gasteiger partial charge in [-0.3, -0.25) is 4.79 Å². The van der Waals surface area contributed by atoms with E-state index in [1.54, 1.807) is 12.1 Å². The fourth-order valence-corrected chi connectivity index (χ4v) is 2.39. The normalized spacial score (nSPS) is 21.1. The quantitative estimate of drug-likeness (QED) is 0.617. The summed E-state index contributed by atoms with van der Waals surface area (Å²) in [4.78, 5) is 13.0. The van der Waals surface area contributed by atoms with Crippen molar-refractivity contribution < 1.29 is 9.18 Å². The maximum absolute atomic E-state index is 13.6. The Morgan fingerprint density at radius 1 is 1.53 bits per heavy atom. The van der Waals surface area contributed by atoms with Crippen LogP contribution in [0.3, 0.4) is 0 Å². The number of amides is 1. The van der Waals surface area contributed by atoms with Crippen molar-refractivity contribution >= 4 is 46.8 Å². The van der Waals surface area contributed by atoms with Crippen molar-refractivity contribution in [2.45, 2.75) is 11.7 Å². The van der Waals surface area contributed by atoms with Gasteiger partial charge in [0.25, 0.3) is 0 Å². The average Bonchev–Trinajstić information content (AvgIpc) is 2.45. The maximum Gasteiger partial charge on any atom is 0.228 e. The second kappa shape index (κ2) is 4.29. The molecule has 1 aromatic rings. The summed E-state index contributed by atoms with van der Waals surface area (Å²) in [5.74, 6) is -0.409. The Kier molecular flexibility index (Phi) is 3.20. The highest BCUT2D eigenvalue weighted by Crippen LogP contribution is 2.27. The number of hydrogen-bond acceptors (Lipinski definition) is 2. The molecule has 0 spiro atoms. The van der Waals surface area contributed by atoms with E-state index in [9.17, 15) is 9.18 Å². The molecule has 2 nitrogen and oxygen atoms in total. The number of carbonyl (C=O) groups excluding carboxylic acids is 1. The van der Waals surface area contributed by atoms with Gasteiger partial charge in [-0.2, -0.15) is 12.6 Å². The second-order valence-corrected chi connectivity index (χ2v) is 5.43. The summed E-state index contributed by atoms with van der Waals surface area (Å²) < 4.78 is 14.4. The molecular weight excluding hydrogens is 328 g/mol. The summed E-state index contributed by atoms with van der Waals surface area (Å²) in [5.41, 5.74) is 0.358. The average molecular weight is 337 g/mol. The first-order valence-corrected chi connectivity index (χ1v) is 6.11. The lowest BCUT2D eigenvalue weighted by atomic mass is 10.3. The molecule has 1 amide bonds. The van der Waals surface area contributed by atoms with E-state index in [1.807, 2.05) is 22.6 Å². The van der Waals surface area contributed by atoms with Crippen LogP contribution in [-0.4, -0.2) is 17.7 Å². The zero-order valence-corrected chi connectivity index (χ0v) is 10.8. The number of thiol groups is 1. The summed E-state index contributed by atoms with van der Waals surface area (Å²) in [5, 5.41) is 0.0104. The minimum absolute atomic E-state index is 0.0104. The summed E-state index contributed by atoms with van der Waals surface area (Å²) in [7, 11) is 0. The minimum atomic E-state index is -0.349. The molecule has 80 valence electrons. The molecule has 1 fully saturated rings. The van der Waals surface area contributed by atoms with Crippen LogP contribution in [0.5, 0.6) is 0 Å². The number of carbonyl (C=O) groups is 1. The minimum Gasteiger partial charge on any atom is -0.309 e. The van der Waals surface area contributed by atoms with Gasteiger partial charge in [0.2, 0.25) is 5.91 Å². The molecule has 5 heteroatoms. The van der Waals surface area contributed by atoms with Gasteiger partial charge in [-0.15, -0.1) is 0 Å². The zero-order valence-electron chi connectivity index (χ0n) is 7.78. The van der Waals surface area contributed by atoms with Crippen LogP contribution in [0.4, 0.5) is 10.1 Å². The van der Waals surface area contributed by atoms with Crippen molar-refractivity contribution in [1.82, 2.24) is 0 Å². The lowest BCUT2D eigenvalue weighted by Gasteiger charge is -2.16. The molecule has 1 aromatic carbocycles. The number of anilines is 1. The van der Waals surface area contributed by atoms with Crippen LogP contribution in [0.15, 0.2) is 18.2 Å². The summed E-state index contributed by atoms with van der Waals surface area (Å²) in [6.45, 7) is 0.486. The first-order valence-electron chi connectivity index (χ1n) is 4.51. The van der Waals surface area contributed by atoms with E-state index in [0.29, 0.717) is 18.7 Å². The summed E-state index contributed by atoms with van der Waals surface area (Å²) in [6, 6.07) is 4.86. The first kappa shape index (κ1) is 11.2. The van der Waals surface area contributed by atoms with Gasteiger partial charge in [0, 0.05) is 21.8 Å². The van der Waals surface area contributed by atoms with Crippen molar-refractivity contribution in [1.29, 1.82) is 0 Å². The lowest BCUT2D eigenvalue weighted by molar-refractivity contribution is -0.117. The van der Waals surface area contributed by atoms with Crippen molar-refractivity contribution in [2.24, 2.45) is 0 Å². The number of nitrogens with zero attached hydrogens (tertiary/aromatic N) is 1. The van der Waals surface area contributed by atoms with Gasteiger partial charge in [-0.25, -0.2) is 4.39 Å². The van der Waals surface area contributed by atoms with Crippen molar-refractivity contribution in [3.05, 3.63) is 27.6 Å². The fraction of sp³-hybridized carbons (Fsp3) is 0.300. The van der Waals surface area contributed by atoms with Gasteiger partial charge in [-0.05, 0) is 40.8 Å². The van der Waals surface area contributed by atoms with Crippen LogP contribution in [0.25, 0.3) is 0 Å². The van der Waals surface area contributed by atoms with Crippen molar-refractivity contribution in [3.8, 4) is 0 Å². The third kappa shape index (κ3) is 2.28. The lowest BCUT2D eigenvalue weighted by Crippen LogP contribution is -2.25. The van der Waals surface area contributed by atoms with Gasteiger partial charge in [0.05, 0.1) is 5.69 Å². The molecule has 2 rings (SSSR count). The monoisotopic (exact) mass is 337 g/mol. The largest absolute Gasteiger partial charge is 0.309 e. The van der Waals surface area contributed by atoms with Crippen LogP contribution < -0.4 is 4.90 Å². The standard InChI is InChI=1S/C10H9FINOS/c11-8-3-6(12)1-2-9(8)13-5-7(15)4-10(13)14/h1-3,7,15H,4-5H2. The van der Waals surface area contributed by atoms with Crippen LogP contribution in [-0.2, 0) is 4.79 Å². The number of hydrogen-bond donors (Lipinski definition) is 1. The highest BCUT2D eigenvalue weighted by molar-refractivity contribution is 14.1. The Morgan fingerprint density at radius 3 is 2.80 bits per heavy atom. The SMILES string of the molecule is O=C1CC(S)CN1c1ccc(I)cc1F. The predicted octanol–water partition coefficient (Wildman–Crippen LogP) is 2.47. The number of benzene rings is 1. The van der Waals surface area contributed by atoms with Gasteiger partial charge < -0.3 is 4.90 Å². The molecule has 1 aliphatic heterocycles. The molecule has 1 heterocycles. The van der Waals surface area contributed by atoms with Crippen LogP contribution >= 0.6 is 35.2 Å². The Morgan fingerprint density at radius 2 is 2.27 bits per heavy atom. The number of halogens is 2. The van der Waals surface area contributed by atoms with Crippen LogP contribution in [0, 0.1) is 9.39 Å². The van der Waals surface area contributed by atoms with Crippen LogP contribution in [0.1, 0.15) is 6.42 Å². The van der Waals surface area contributed by atoms with E-state index in [1.165, 1.54) is 11.0 Å². The Labute approximate surface area is 106 Å². The fourth-order valence-electron chi connectivity index (χ4n) is 1.62. The maximum atomic E-state index is 13.6. The Balaban J connectivity index is 2.34. The molecule has 0 saturated carbocycles. The molecule has 0 radical (unpaired) electrons. The van der Waals surface area contributed by atoms with E-state index in [0.717, 1.165) is 3.57 Å². The van der Waals surface area contributed by atoms with E-state index in [2.05, 4.69) is 12.6 Å². The topological polar surface area (TPSA) is 20.3 Å². The van der Waals surface area contributed by atoms with Gasteiger partial charge in [0.1, 0.15) is 5.82 Å². The van der Waals surface area contributed by atoms with E-state index in [4.69, 9.17) is 0 Å². The molecule has 0 N–H and O–H groups in total. The molecule has 1 saturated heterocycles. The molecular formula is C10H9FINOS. The van der Waals surface area contributed by atoms with Gasteiger partial charge in [0.15, 0.2) is 0 Å². The molecule has 15 heavy (non-hydrogen) atoms. The molecule has 1 atom stereocenters. The highest BCUT2D eigenvalue weighted by atomic mass is 127. The molecule has 0 bridgehead atoms. The predicted molar refractivity (Wildman–Crippen MR) is 68.9 cm³/mol. The third-order valence-electron chi connectivity index (χ3n) is 2.31. The van der Waals surface area contributed by atoms with E-state index >= 15 is 0 Å². The van der Waals surface area contributed by atoms with Crippen LogP contribution in [0.2, 0.25) is 0 Å². The highest BCUT2D eigenvalue weighted by Gasteiger charge is 2.29. The molecule has 1 unspecified atom stereocenters. The third-order valence-corrected chi connectivity index (χ3v) is 3.32. The summed E-state index contributed by atoms with van der Waals surface area (Å²) in [6.07, 6.45) is 0.383. The van der Waals surface area contributed by atoms with Gasteiger partial charge in [-0.1, -0.05) is 0 Å². The zero-order chi connectivity index (χ0) is 11.0. The second-order valence-electron chi connectivity index (χ2n) is 3.46. The molecule has 0 aromatic heterocycles. The van der Waals surface area contributed by atoms with Gasteiger partial charge >= 0.3 is 0 Å².